The monoisotopic (exact) mass is 598 g/mol. The Kier molecular flexibility index (Phi) is 8.86. The summed E-state index contributed by atoms with van der Waals surface area (Å²) in [6.45, 7) is 4.18. The number of hydrazone groups is 1. The predicted molar refractivity (Wildman–Crippen MR) is 152 cm³/mol. The number of hydrogen-bond donors (Lipinski definition) is 3. The van der Waals surface area contributed by atoms with E-state index in [2.05, 4.69) is 42.0 Å². The molecule has 8 nitrogen and oxygen atoms in total. The van der Waals surface area contributed by atoms with Crippen LogP contribution < -0.4 is 10.7 Å². The molecule has 0 aliphatic rings. The van der Waals surface area contributed by atoms with Crippen molar-refractivity contribution in [3.63, 3.8) is 0 Å². The third kappa shape index (κ3) is 6.91. The highest BCUT2D eigenvalue weighted by Crippen LogP contribution is 2.27. The van der Waals surface area contributed by atoms with E-state index in [1.54, 1.807) is 25.1 Å². The normalized spacial score (nSPS) is 12.0. The average molecular weight is 600 g/mol. The molecule has 1 amide bonds. The van der Waals surface area contributed by atoms with Crippen molar-refractivity contribution in [2.24, 2.45) is 5.10 Å². The van der Waals surface area contributed by atoms with Crippen molar-refractivity contribution in [2.75, 3.05) is 5.32 Å². The van der Waals surface area contributed by atoms with Gasteiger partial charge in [0.25, 0.3) is 5.91 Å². The molecule has 1 aromatic heterocycles. The van der Waals surface area contributed by atoms with Gasteiger partial charge in [-0.05, 0) is 67.9 Å². The third-order valence-corrected chi connectivity index (χ3v) is 7.13. The number of carbonyl (C=O) groups excluding carboxylic acids is 1. The number of hydrogen-bond acceptors (Lipinski definition) is 7. The first-order chi connectivity index (χ1) is 17.8. The average Bonchev–Trinajstić information content (AvgIpc) is 3.28. The number of aromatic hydroxyl groups is 1. The molecule has 4 aromatic rings. The summed E-state index contributed by atoms with van der Waals surface area (Å²) in [4.78, 5) is 12.7. The zero-order chi connectivity index (χ0) is 26.4. The smallest absolute Gasteiger partial charge is 0.253 e. The van der Waals surface area contributed by atoms with Gasteiger partial charge in [0, 0.05) is 26.4 Å². The first kappa shape index (κ1) is 26.7. The number of amides is 1. The van der Waals surface area contributed by atoms with Crippen molar-refractivity contribution < 1.29 is 9.90 Å². The molecule has 0 unspecified atom stereocenters. The molecule has 3 N–H and O–H groups in total. The summed E-state index contributed by atoms with van der Waals surface area (Å²) in [5.41, 5.74) is 5.86. The van der Waals surface area contributed by atoms with Crippen LogP contribution in [0.2, 0.25) is 5.02 Å². The van der Waals surface area contributed by atoms with Crippen LogP contribution in [0.5, 0.6) is 5.75 Å². The Labute approximate surface area is 232 Å². The fraction of sp³-hybridized carbons (Fsp3) is 0.154. The Morgan fingerprint density at radius 1 is 1.19 bits per heavy atom. The molecular formula is C26H24BrClN6O2S. The van der Waals surface area contributed by atoms with Gasteiger partial charge in [0.05, 0.1) is 18.0 Å². The lowest BCUT2D eigenvalue weighted by Gasteiger charge is -2.14. The SMILES string of the molecule is Cc1cc(Cl)ccc1NCc1nnc(S[C@@H](C)C(=O)N/N=C\c2cc(Br)ccc2O)n1-c1ccccc1. The van der Waals surface area contributed by atoms with Crippen LogP contribution in [0, 0.1) is 6.92 Å². The highest BCUT2D eigenvalue weighted by atomic mass is 79.9. The van der Waals surface area contributed by atoms with Crippen LogP contribution in [-0.2, 0) is 11.3 Å². The lowest BCUT2D eigenvalue weighted by molar-refractivity contribution is -0.120. The standard InChI is InChI=1S/C26H24BrClN6O2S/c1-16-12-20(28)9-10-22(16)29-15-24-31-33-26(34(24)21-6-4-3-5-7-21)37-17(2)25(36)32-30-14-18-13-19(27)8-11-23(18)35/h3-14,17,29,35H,15H2,1-2H3,(H,32,36)/b30-14-/t17-/m0/s1. The van der Waals surface area contributed by atoms with Gasteiger partial charge in [-0.2, -0.15) is 5.10 Å². The van der Waals surface area contributed by atoms with E-state index in [9.17, 15) is 9.90 Å². The second-order valence-corrected chi connectivity index (χ2v) is 10.7. The fourth-order valence-corrected chi connectivity index (χ4v) is 4.91. The molecule has 3 aromatic carbocycles. The zero-order valence-electron chi connectivity index (χ0n) is 20.0. The lowest BCUT2D eigenvalue weighted by atomic mass is 10.2. The maximum Gasteiger partial charge on any atom is 0.253 e. The summed E-state index contributed by atoms with van der Waals surface area (Å²) in [6, 6.07) is 20.4. The number of phenols is 1. The molecule has 4 rings (SSSR count). The summed E-state index contributed by atoms with van der Waals surface area (Å²) in [5.74, 6) is 0.447. The fourth-order valence-electron chi connectivity index (χ4n) is 3.42. The lowest BCUT2D eigenvalue weighted by Crippen LogP contribution is -2.27. The second-order valence-electron chi connectivity index (χ2n) is 8.08. The summed E-state index contributed by atoms with van der Waals surface area (Å²) in [6.07, 6.45) is 1.39. The summed E-state index contributed by atoms with van der Waals surface area (Å²) >= 11 is 10.7. The van der Waals surface area contributed by atoms with E-state index in [-0.39, 0.29) is 11.7 Å². The number of thioether (sulfide) groups is 1. The van der Waals surface area contributed by atoms with Gasteiger partial charge in [0.2, 0.25) is 0 Å². The number of halogens is 2. The second kappa shape index (κ2) is 12.3. The number of rotatable bonds is 9. The van der Waals surface area contributed by atoms with Crippen LogP contribution in [0.1, 0.15) is 23.9 Å². The molecule has 0 spiro atoms. The summed E-state index contributed by atoms with van der Waals surface area (Å²) < 4.78 is 2.72. The van der Waals surface area contributed by atoms with E-state index in [0.29, 0.717) is 28.1 Å². The number of benzene rings is 3. The van der Waals surface area contributed by atoms with E-state index < -0.39 is 5.25 Å². The topological polar surface area (TPSA) is 104 Å². The highest BCUT2D eigenvalue weighted by molar-refractivity contribution is 9.10. The Hall–Kier alpha value is -3.34. The number of aryl methyl sites for hydroxylation is 1. The predicted octanol–water partition coefficient (Wildman–Crippen LogP) is 5.94. The van der Waals surface area contributed by atoms with Crippen molar-refractivity contribution in [3.05, 3.63) is 93.2 Å². The van der Waals surface area contributed by atoms with Crippen LogP contribution in [0.25, 0.3) is 5.69 Å². The van der Waals surface area contributed by atoms with Crippen molar-refractivity contribution in [2.45, 2.75) is 30.8 Å². The van der Waals surface area contributed by atoms with Crippen molar-refractivity contribution in [3.8, 4) is 11.4 Å². The van der Waals surface area contributed by atoms with Crippen LogP contribution in [-0.4, -0.2) is 37.2 Å². The molecule has 1 atom stereocenters. The van der Waals surface area contributed by atoms with Crippen LogP contribution >= 0.6 is 39.3 Å². The summed E-state index contributed by atoms with van der Waals surface area (Å²) in [5, 5.41) is 26.8. The number of para-hydroxylation sites is 1. The van der Waals surface area contributed by atoms with Gasteiger partial charge >= 0.3 is 0 Å². The Balaban J connectivity index is 1.49. The van der Waals surface area contributed by atoms with E-state index in [1.807, 2.05) is 60.0 Å². The van der Waals surface area contributed by atoms with Crippen LogP contribution in [0.15, 0.2) is 81.5 Å². The van der Waals surface area contributed by atoms with E-state index in [1.165, 1.54) is 18.0 Å². The minimum Gasteiger partial charge on any atom is -0.507 e. The van der Waals surface area contributed by atoms with E-state index >= 15 is 0 Å². The minimum atomic E-state index is -0.515. The molecule has 37 heavy (non-hydrogen) atoms. The van der Waals surface area contributed by atoms with Gasteiger partial charge in [-0.1, -0.05) is 57.5 Å². The Morgan fingerprint density at radius 3 is 2.73 bits per heavy atom. The molecular weight excluding hydrogens is 576 g/mol. The van der Waals surface area contributed by atoms with Gasteiger partial charge in [-0.3, -0.25) is 9.36 Å². The molecule has 1 heterocycles. The van der Waals surface area contributed by atoms with Gasteiger partial charge in [0.15, 0.2) is 11.0 Å². The molecule has 0 aliphatic heterocycles. The number of phenolic OH excluding ortho intramolecular Hbond substituents is 1. The van der Waals surface area contributed by atoms with Crippen molar-refractivity contribution >= 4 is 57.1 Å². The maximum absolute atomic E-state index is 12.7. The molecule has 0 aliphatic carbocycles. The highest BCUT2D eigenvalue weighted by Gasteiger charge is 2.21. The Bertz CT molecular complexity index is 1430. The third-order valence-electron chi connectivity index (χ3n) is 5.36. The minimum absolute atomic E-state index is 0.0644. The van der Waals surface area contributed by atoms with Gasteiger partial charge in [0.1, 0.15) is 5.75 Å². The van der Waals surface area contributed by atoms with Gasteiger partial charge in [-0.15, -0.1) is 10.2 Å². The van der Waals surface area contributed by atoms with Crippen molar-refractivity contribution in [1.82, 2.24) is 20.2 Å². The van der Waals surface area contributed by atoms with Gasteiger partial charge < -0.3 is 10.4 Å². The van der Waals surface area contributed by atoms with E-state index in [4.69, 9.17) is 11.6 Å². The molecule has 11 heteroatoms. The molecule has 0 saturated carbocycles. The van der Waals surface area contributed by atoms with Crippen molar-refractivity contribution in [1.29, 1.82) is 0 Å². The first-order valence-electron chi connectivity index (χ1n) is 11.3. The van der Waals surface area contributed by atoms with Crippen LogP contribution in [0.4, 0.5) is 5.69 Å². The largest absolute Gasteiger partial charge is 0.507 e. The molecule has 0 radical (unpaired) electrons. The number of nitrogens with zero attached hydrogens (tertiary/aromatic N) is 4. The van der Waals surface area contributed by atoms with Gasteiger partial charge in [-0.25, -0.2) is 5.43 Å². The van der Waals surface area contributed by atoms with Crippen LogP contribution in [0.3, 0.4) is 0 Å². The number of aromatic nitrogens is 3. The maximum atomic E-state index is 12.7. The first-order valence-corrected chi connectivity index (χ1v) is 13.3. The molecule has 190 valence electrons. The molecule has 0 bridgehead atoms. The zero-order valence-corrected chi connectivity index (χ0v) is 23.2. The molecule has 0 fully saturated rings. The number of anilines is 1. The Morgan fingerprint density at radius 2 is 1.97 bits per heavy atom. The molecule has 0 saturated heterocycles. The quantitative estimate of drug-likeness (QED) is 0.125. The van der Waals surface area contributed by atoms with E-state index in [0.717, 1.165) is 21.4 Å². The number of carbonyl (C=O) groups is 1. The summed E-state index contributed by atoms with van der Waals surface area (Å²) in [7, 11) is 0. The number of nitrogens with one attached hydrogen (secondary N) is 2.